The van der Waals surface area contributed by atoms with Gasteiger partial charge in [0.2, 0.25) is 10.0 Å². The second-order valence-electron chi connectivity index (χ2n) is 5.73. The van der Waals surface area contributed by atoms with Crippen LogP contribution in [-0.4, -0.2) is 49.8 Å². The fourth-order valence-electron chi connectivity index (χ4n) is 3.20. The predicted molar refractivity (Wildman–Crippen MR) is 86.5 cm³/mol. The Morgan fingerprint density at radius 2 is 1.90 bits per heavy atom. The predicted octanol–water partition coefficient (Wildman–Crippen LogP) is 1.89. The maximum atomic E-state index is 12.8. The summed E-state index contributed by atoms with van der Waals surface area (Å²) in [4.78, 5) is 2.62. The Bertz CT molecular complexity index is 629. The summed E-state index contributed by atoms with van der Waals surface area (Å²) in [6.45, 7) is 3.35. The summed E-state index contributed by atoms with van der Waals surface area (Å²) in [5, 5.41) is 0. The van der Waals surface area contributed by atoms with E-state index in [4.69, 9.17) is 5.73 Å². The van der Waals surface area contributed by atoms with Crippen LogP contribution in [0.1, 0.15) is 19.3 Å². The number of hydrogen-bond acceptors (Lipinski definition) is 4. The topological polar surface area (TPSA) is 66.6 Å². The van der Waals surface area contributed by atoms with Gasteiger partial charge in [0, 0.05) is 23.6 Å². The first kappa shape index (κ1) is 15.3. The maximum Gasteiger partial charge on any atom is 0.245 e. The number of anilines is 1. The smallest absolute Gasteiger partial charge is 0.245 e. The van der Waals surface area contributed by atoms with Gasteiger partial charge in [-0.3, -0.25) is 4.90 Å². The molecule has 2 fully saturated rings. The largest absolute Gasteiger partial charge is 0.398 e. The van der Waals surface area contributed by atoms with Crippen LogP contribution in [0.2, 0.25) is 0 Å². The van der Waals surface area contributed by atoms with Crippen LogP contribution in [0, 0.1) is 0 Å². The van der Waals surface area contributed by atoms with Gasteiger partial charge in [0.15, 0.2) is 0 Å². The quantitative estimate of drug-likeness (QED) is 0.821. The zero-order valence-electron chi connectivity index (χ0n) is 11.8. The second-order valence-corrected chi connectivity index (χ2v) is 8.55. The van der Waals surface area contributed by atoms with Crippen molar-refractivity contribution in [2.75, 3.05) is 31.9 Å². The first-order valence-corrected chi connectivity index (χ1v) is 9.51. The Labute approximate surface area is 134 Å². The van der Waals surface area contributed by atoms with E-state index in [0.29, 0.717) is 24.8 Å². The molecule has 1 aromatic carbocycles. The lowest BCUT2D eigenvalue weighted by atomic mass is 10.2. The summed E-state index contributed by atoms with van der Waals surface area (Å²) < 4.78 is 27.9. The van der Waals surface area contributed by atoms with Crippen LogP contribution in [0.5, 0.6) is 0 Å². The molecule has 0 radical (unpaired) electrons. The monoisotopic (exact) mass is 373 g/mol. The van der Waals surface area contributed by atoms with Crippen LogP contribution < -0.4 is 5.73 Å². The lowest BCUT2D eigenvalue weighted by molar-refractivity contribution is 0.251. The Kier molecular flexibility index (Phi) is 4.27. The molecule has 0 aromatic heterocycles. The number of halogens is 1. The molecule has 2 aliphatic rings. The van der Waals surface area contributed by atoms with E-state index in [1.54, 1.807) is 22.5 Å². The minimum absolute atomic E-state index is 0.207. The van der Waals surface area contributed by atoms with E-state index >= 15 is 0 Å². The maximum absolute atomic E-state index is 12.8. The molecular formula is C14H20BrN3O2S. The molecule has 2 aliphatic heterocycles. The molecular weight excluding hydrogens is 354 g/mol. The van der Waals surface area contributed by atoms with Gasteiger partial charge in [-0.1, -0.05) is 15.9 Å². The van der Waals surface area contributed by atoms with Gasteiger partial charge in [0.05, 0.1) is 5.69 Å². The Hall–Kier alpha value is -0.630. The van der Waals surface area contributed by atoms with Crippen molar-refractivity contribution in [1.29, 1.82) is 0 Å². The molecule has 2 saturated heterocycles. The molecule has 5 nitrogen and oxygen atoms in total. The Balaban J connectivity index is 1.81. The molecule has 1 aromatic rings. The zero-order valence-corrected chi connectivity index (χ0v) is 14.2. The molecule has 0 aliphatic carbocycles. The summed E-state index contributed by atoms with van der Waals surface area (Å²) in [7, 11) is -3.50. The summed E-state index contributed by atoms with van der Waals surface area (Å²) >= 11 is 3.32. The van der Waals surface area contributed by atoms with E-state index < -0.39 is 10.0 Å². The van der Waals surface area contributed by atoms with Crippen molar-refractivity contribution in [2.45, 2.75) is 30.2 Å². The van der Waals surface area contributed by atoms with E-state index in [1.807, 2.05) is 0 Å². The van der Waals surface area contributed by atoms with Gasteiger partial charge >= 0.3 is 0 Å². The summed E-state index contributed by atoms with van der Waals surface area (Å²) in [6, 6.07) is 5.33. The first-order chi connectivity index (χ1) is 9.98. The van der Waals surface area contributed by atoms with Crippen LogP contribution in [0.15, 0.2) is 27.6 Å². The Morgan fingerprint density at radius 3 is 2.62 bits per heavy atom. The van der Waals surface area contributed by atoms with Crippen LogP contribution >= 0.6 is 15.9 Å². The minimum atomic E-state index is -3.50. The number of rotatable bonds is 3. The van der Waals surface area contributed by atoms with Crippen LogP contribution in [0.4, 0.5) is 5.69 Å². The minimum Gasteiger partial charge on any atom is -0.398 e. The molecule has 0 saturated carbocycles. The third-order valence-corrected chi connectivity index (χ3v) is 6.79. The van der Waals surface area contributed by atoms with E-state index in [1.165, 1.54) is 12.8 Å². The molecule has 1 atom stereocenters. The van der Waals surface area contributed by atoms with Gasteiger partial charge in [-0.25, -0.2) is 8.42 Å². The number of sulfonamides is 1. The van der Waals surface area contributed by atoms with Crippen molar-refractivity contribution in [3.8, 4) is 0 Å². The number of benzene rings is 1. The second kappa shape index (κ2) is 5.87. The van der Waals surface area contributed by atoms with Crippen molar-refractivity contribution in [1.82, 2.24) is 9.21 Å². The van der Waals surface area contributed by atoms with Gasteiger partial charge in [-0.15, -0.1) is 0 Å². The lowest BCUT2D eigenvalue weighted by Crippen LogP contribution is -2.37. The fourth-order valence-corrected chi connectivity index (χ4v) is 5.35. The summed E-state index contributed by atoms with van der Waals surface area (Å²) in [6.07, 6.45) is 3.36. The number of likely N-dealkylation sites (tertiary alicyclic amines) is 1. The zero-order chi connectivity index (χ0) is 15.0. The normalized spacial score (nSPS) is 24.7. The molecule has 2 N–H and O–H groups in total. The van der Waals surface area contributed by atoms with Crippen molar-refractivity contribution in [3.05, 3.63) is 22.7 Å². The molecule has 2 heterocycles. The molecule has 116 valence electrons. The molecule has 0 bridgehead atoms. The molecule has 21 heavy (non-hydrogen) atoms. The van der Waals surface area contributed by atoms with Crippen LogP contribution in [0.25, 0.3) is 0 Å². The highest BCUT2D eigenvalue weighted by Crippen LogP contribution is 2.30. The average Bonchev–Trinajstić information content (AvgIpc) is 3.11. The lowest BCUT2D eigenvalue weighted by Gasteiger charge is -2.23. The van der Waals surface area contributed by atoms with Crippen LogP contribution in [-0.2, 0) is 10.0 Å². The number of nitrogens with zero attached hydrogens (tertiary/aromatic N) is 2. The third kappa shape index (κ3) is 2.97. The highest BCUT2D eigenvalue weighted by atomic mass is 79.9. The molecule has 7 heteroatoms. The van der Waals surface area contributed by atoms with Crippen molar-refractivity contribution >= 4 is 31.6 Å². The molecule has 0 amide bonds. The summed E-state index contributed by atoms with van der Waals surface area (Å²) in [5.74, 6) is 0. The third-order valence-electron chi connectivity index (χ3n) is 4.38. The summed E-state index contributed by atoms with van der Waals surface area (Å²) in [5.41, 5.74) is 6.17. The van der Waals surface area contributed by atoms with E-state index in [2.05, 4.69) is 20.8 Å². The van der Waals surface area contributed by atoms with E-state index in [9.17, 15) is 8.42 Å². The highest BCUT2D eigenvalue weighted by molar-refractivity contribution is 9.10. The van der Waals surface area contributed by atoms with Crippen molar-refractivity contribution < 1.29 is 8.42 Å². The average molecular weight is 374 g/mol. The van der Waals surface area contributed by atoms with Crippen molar-refractivity contribution in [2.24, 2.45) is 0 Å². The molecule has 3 rings (SSSR count). The Morgan fingerprint density at radius 1 is 1.19 bits per heavy atom. The highest BCUT2D eigenvalue weighted by Gasteiger charge is 2.36. The number of hydrogen-bond donors (Lipinski definition) is 1. The van der Waals surface area contributed by atoms with Gasteiger partial charge in [-0.2, -0.15) is 4.31 Å². The van der Waals surface area contributed by atoms with E-state index in [-0.39, 0.29) is 4.90 Å². The molecule has 0 spiro atoms. The SMILES string of the molecule is Nc1ccc(Br)cc1S(=O)(=O)N1CCC(N2CCCC2)C1. The van der Waals surface area contributed by atoms with Crippen molar-refractivity contribution in [3.63, 3.8) is 0 Å². The van der Waals surface area contributed by atoms with Gasteiger partial charge in [-0.05, 0) is 50.6 Å². The standard InChI is InChI=1S/C14H20BrN3O2S/c15-11-3-4-13(16)14(9-11)21(19,20)18-8-5-12(10-18)17-6-1-2-7-17/h3-4,9,12H,1-2,5-8,10,16H2. The van der Waals surface area contributed by atoms with Gasteiger partial charge in [0.25, 0.3) is 0 Å². The van der Waals surface area contributed by atoms with Gasteiger partial charge in [0.1, 0.15) is 4.90 Å². The van der Waals surface area contributed by atoms with Gasteiger partial charge < -0.3 is 5.73 Å². The fraction of sp³-hybridized carbons (Fsp3) is 0.571. The first-order valence-electron chi connectivity index (χ1n) is 7.28. The molecule has 1 unspecified atom stereocenters. The van der Waals surface area contributed by atoms with Crippen LogP contribution in [0.3, 0.4) is 0 Å². The number of nitrogens with two attached hydrogens (primary N) is 1. The van der Waals surface area contributed by atoms with E-state index in [0.717, 1.165) is 24.0 Å². The number of nitrogen functional groups attached to an aromatic ring is 1.